The summed E-state index contributed by atoms with van der Waals surface area (Å²) in [6, 6.07) is 7.22. The van der Waals surface area contributed by atoms with Gasteiger partial charge in [0.25, 0.3) is 5.91 Å². The molecule has 5 nitrogen and oxygen atoms in total. The van der Waals surface area contributed by atoms with Crippen molar-refractivity contribution in [1.29, 1.82) is 0 Å². The van der Waals surface area contributed by atoms with E-state index in [0.29, 0.717) is 35.4 Å². The number of amides is 1. The second kappa shape index (κ2) is 9.49. The van der Waals surface area contributed by atoms with Crippen LogP contribution in [0.4, 0.5) is 0 Å². The second-order valence-corrected chi connectivity index (χ2v) is 6.58. The maximum absolute atomic E-state index is 12.4. The third-order valence-corrected chi connectivity index (χ3v) is 3.90. The molecular formula is C19H25ClN2O3. The van der Waals surface area contributed by atoms with E-state index in [-0.39, 0.29) is 5.91 Å². The molecule has 25 heavy (non-hydrogen) atoms. The van der Waals surface area contributed by atoms with Gasteiger partial charge in [0.15, 0.2) is 0 Å². The summed E-state index contributed by atoms with van der Waals surface area (Å²) < 4.78 is 12.8. The zero-order valence-electron chi connectivity index (χ0n) is 14.9. The van der Waals surface area contributed by atoms with Crippen LogP contribution < -0.4 is 10.1 Å². The molecule has 1 heterocycles. The fourth-order valence-electron chi connectivity index (χ4n) is 2.37. The first-order valence-electron chi connectivity index (χ1n) is 8.39. The number of nitrogens with zero attached hydrogens (tertiary/aromatic N) is 1. The van der Waals surface area contributed by atoms with E-state index in [4.69, 9.17) is 21.1 Å². The van der Waals surface area contributed by atoms with Crippen molar-refractivity contribution in [2.75, 3.05) is 26.9 Å². The van der Waals surface area contributed by atoms with Crippen LogP contribution in [0.3, 0.4) is 0 Å². The Hall–Kier alpha value is -1.98. The Balaban J connectivity index is 1.98. The minimum Gasteiger partial charge on any atom is -0.496 e. The number of rotatable bonds is 9. The summed E-state index contributed by atoms with van der Waals surface area (Å²) in [6.07, 6.45) is 4.53. The minimum atomic E-state index is -0.207. The quantitative estimate of drug-likeness (QED) is 0.686. The molecule has 0 saturated heterocycles. The molecule has 1 N–H and O–H groups in total. The highest BCUT2D eigenvalue weighted by Crippen LogP contribution is 2.29. The molecular weight excluding hydrogens is 340 g/mol. The molecule has 0 atom stereocenters. The first-order valence-corrected chi connectivity index (χ1v) is 8.77. The SMILES string of the molecule is COc1cc(-n2cccc2)c(Cl)cc1C(=O)NCCCOCC(C)C. The van der Waals surface area contributed by atoms with Crippen molar-refractivity contribution >= 4 is 17.5 Å². The molecule has 0 saturated carbocycles. The summed E-state index contributed by atoms with van der Waals surface area (Å²) in [5.74, 6) is 0.795. The van der Waals surface area contributed by atoms with Gasteiger partial charge in [0.2, 0.25) is 0 Å². The van der Waals surface area contributed by atoms with Gasteiger partial charge in [-0.15, -0.1) is 0 Å². The van der Waals surface area contributed by atoms with Gasteiger partial charge in [0.05, 0.1) is 23.4 Å². The first kappa shape index (κ1) is 19.3. The normalized spacial score (nSPS) is 10.9. The van der Waals surface area contributed by atoms with Gasteiger partial charge < -0.3 is 19.4 Å². The van der Waals surface area contributed by atoms with Crippen molar-refractivity contribution in [2.45, 2.75) is 20.3 Å². The van der Waals surface area contributed by atoms with Crippen LogP contribution in [0.5, 0.6) is 5.75 Å². The highest BCUT2D eigenvalue weighted by atomic mass is 35.5. The average Bonchev–Trinajstić information content (AvgIpc) is 3.11. The second-order valence-electron chi connectivity index (χ2n) is 6.17. The summed E-state index contributed by atoms with van der Waals surface area (Å²) in [5, 5.41) is 3.37. The molecule has 136 valence electrons. The average molecular weight is 365 g/mol. The summed E-state index contributed by atoms with van der Waals surface area (Å²) in [7, 11) is 1.54. The fraction of sp³-hybridized carbons (Fsp3) is 0.421. The molecule has 6 heteroatoms. The lowest BCUT2D eigenvalue weighted by molar-refractivity contribution is 0.0922. The molecule has 0 fully saturated rings. The lowest BCUT2D eigenvalue weighted by Gasteiger charge is -2.14. The van der Waals surface area contributed by atoms with Crippen LogP contribution in [0.1, 0.15) is 30.6 Å². The number of halogens is 1. The number of hydrogen-bond acceptors (Lipinski definition) is 3. The smallest absolute Gasteiger partial charge is 0.255 e. The van der Waals surface area contributed by atoms with Crippen LogP contribution >= 0.6 is 11.6 Å². The summed E-state index contributed by atoms with van der Waals surface area (Å²) in [4.78, 5) is 12.4. The number of ether oxygens (including phenoxy) is 2. The van der Waals surface area contributed by atoms with E-state index >= 15 is 0 Å². The highest BCUT2D eigenvalue weighted by molar-refractivity contribution is 6.33. The molecule has 0 unspecified atom stereocenters. The van der Waals surface area contributed by atoms with Gasteiger partial charge in [0.1, 0.15) is 5.75 Å². The van der Waals surface area contributed by atoms with Crippen molar-refractivity contribution in [1.82, 2.24) is 9.88 Å². The molecule has 2 aromatic rings. The van der Waals surface area contributed by atoms with Gasteiger partial charge >= 0.3 is 0 Å². The number of hydrogen-bond donors (Lipinski definition) is 1. The van der Waals surface area contributed by atoms with E-state index in [1.807, 2.05) is 29.1 Å². The van der Waals surface area contributed by atoms with Gasteiger partial charge in [-0.25, -0.2) is 0 Å². The molecule has 0 spiro atoms. The Kier molecular flexibility index (Phi) is 7.34. The Morgan fingerprint density at radius 2 is 2.00 bits per heavy atom. The monoisotopic (exact) mass is 364 g/mol. The van der Waals surface area contributed by atoms with E-state index in [9.17, 15) is 4.79 Å². The van der Waals surface area contributed by atoms with Crippen molar-refractivity contribution < 1.29 is 14.3 Å². The number of carbonyl (C=O) groups excluding carboxylic acids is 1. The number of carbonyl (C=O) groups is 1. The number of aromatic nitrogens is 1. The Labute approximate surface area is 153 Å². The van der Waals surface area contributed by atoms with Crippen LogP contribution in [0.25, 0.3) is 5.69 Å². The van der Waals surface area contributed by atoms with Crippen LogP contribution in [-0.2, 0) is 4.74 Å². The van der Waals surface area contributed by atoms with Crippen LogP contribution in [0.15, 0.2) is 36.7 Å². The predicted octanol–water partition coefficient (Wildman–Crippen LogP) is 3.93. The van der Waals surface area contributed by atoms with E-state index < -0.39 is 0 Å². The Morgan fingerprint density at radius 3 is 2.64 bits per heavy atom. The minimum absolute atomic E-state index is 0.207. The number of methoxy groups -OCH3 is 1. The molecule has 0 aliphatic rings. The predicted molar refractivity (Wildman–Crippen MR) is 99.9 cm³/mol. The van der Waals surface area contributed by atoms with Gasteiger partial charge in [-0.3, -0.25) is 4.79 Å². The molecule has 1 aromatic carbocycles. The topological polar surface area (TPSA) is 52.5 Å². The molecule has 0 radical (unpaired) electrons. The standard InChI is InChI=1S/C19H25ClN2O3/c1-14(2)13-25-10-6-7-21-19(23)15-11-16(20)17(12-18(15)24-3)22-8-4-5-9-22/h4-5,8-9,11-12,14H,6-7,10,13H2,1-3H3,(H,21,23). The summed E-state index contributed by atoms with van der Waals surface area (Å²) in [6.45, 7) is 6.11. The zero-order valence-corrected chi connectivity index (χ0v) is 15.7. The Morgan fingerprint density at radius 1 is 1.28 bits per heavy atom. The fourth-order valence-corrected chi connectivity index (χ4v) is 2.63. The van der Waals surface area contributed by atoms with Gasteiger partial charge in [-0.2, -0.15) is 0 Å². The maximum atomic E-state index is 12.4. The van der Waals surface area contributed by atoms with Crippen molar-refractivity contribution in [3.63, 3.8) is 0 Å². The maximum Gasteiger partial charge on any atom is 0.255 e. The van der Waals surface area contributed by atoms with Crippen molar-refractivity contribution in [2.24, 2.45) is 5.92 Å². The lowest BCUT2D eigenvalue weighted by Crippen LogP contribution is -2.26. The molecule has 1 amide bonds. The van der Waals surface area contributed by atoms with Crippen molar-refractivity contribution in [3.8, 4) is 11.4 Å². The molecule has 0 aliphatic heterocycles. The lowest BCUT2D eigenvalue weighted by atomic mass is 10.1. The summed E-state index contributed by atoms with van der Waals surface area (Å²) in [5.41, 5.74) is 1.19. The molecule has 2 rings (SSSR count). The first-order chi connectivity index (χ1) is 12.0. The Bertz CT molecular complexity index is 684. The highest BCUT2D eigenvalue weighted by Gasteiger charge is 2.16. The molecule has 1 aromatic heterocycles. The van der Waals surface area contributed by atoms with E-state index in [2.05, 4.69) is 19.2 Å². The van der Waals surface area contributed by atoms with Gasteiger partial charge in [-0.05, 0) is 30.5 Å². The molecule has 0 bridgehead atoms. The number of benzene rings is 1. The van der Waals surface area contributed by atoms with Gasteiger partial charge in [-0.1, -0.05) is 25.4 Å². The van der Waals surface area contributed by atoms with Crippen molar-refractivity contribution in [3.05, 3.63) is 47.2 Å². The zero-order chi connectivity index (χ0) is 18.2. The third-order valence-electron chi connectivity index (χ3n) is 3.60. The molecule has 0 aliphatic carbocycles. The van der Waals surface area contributed by atoms with E-state index in [1.165, 1.54) is 0 Å². The van der Waals surface area contributed by atoms with Crippen LogP contribution in [0, 0.1) is 5.92 Å². The van der Waals surface area contributed by atoms with Crippen LogP contribution in [-0.4, -0.2) is 37.3 Å². The van der Waals surface area contributed by atoms with Gasteiger partial charge in [0, 0.05) is 38.2 Å². The number of nitrogens with one attached hydrogen (secondary N) is 1. The third kappa shape index (κ3) is 5.51. The largest absolute Gasteiger partial charge is 0.496 e. The van der Waals surface area contributed by atoms with E-state index in [0.717, 1.165) is 18.7 Å². The summed E-state index contributed by atoms with van der Waals surface area (Å²) >= 11 is 6.35. The van der Waals surface area contributed by atoms with E-state index in [1.54, 1.807) is 19.2 Å². The van der Waals surface area contributed by atoms with Crippen LogP contribution in [0.2, 0.25) is 5.02 Å².